The highest BCUT2D eigenvalue weighted by Gasteiger charge is 1.03. The van der Waals surface area contributed by atoms with Crippen LogP contribution in [0.3, 0.4) is 0 Å². The Bertz CT molecular complexity index is 49.2. The molecule has 0 aliphatic rings. The Morgan fingerprint density at radius 1 is 1.60 bits per heavy atom. The third-order valence-electron chi connectivity index (χ3n) is 0. The number of hydrogen-bond acceptors (Lipinski definition) is 4. The van der Waals surface area contributed by atoms with E-state index in [9.17, 15) is 0 Å². The van der Waals surface area contributed by atoms with E-state index in [0.717, 1.165) is 6.08 Å². The van der Waals surface area contributed by atoms with Crippen LogP contribution in [0.1, 0.15) is 0 Å². The maximum absolute atomic E-state index is 8.35. The SMILES string of the molecule is N#N.N=C=O. The second-order valence-electron chi connectivity index (χ2n) is 0.102. The predicted octanol–water partition coefficient (Wildman–Crippen LogP) is -0.0689. The molecule has 0 saturated carbocycles. The lowest BCUT2D eigenvalue weighted by molar-refractivity contribution is 0.563. The first-order valence-corrected chi connectivity index (χ1v) is 0.654. The first kappa shape index (κ1) is 9.20. The van der Waals surface area contributed by atoms with Crippen LogP contribution in [0.4, 0.5) is 0 Å². The third-order valence-corrected chi connectivity index (χ3v) is 0. The van der Waals surface area contributed by atoms with Gasteiger partial charge in [-0.25, -0.2) is 10.2 Å². The second-order valence-corrected chi connectivity index (χ2v) is 0.102. The van der Waals surface area contributed by atoms with Crippen LogP contribution in [0.2, 0.25) is 0 Å². The van der Waals surface area contributed by atoms with Crippen LogP contribution in [-0.4, -0.2) is 6.08 Å². The van der Waals surface area contributed by atoms with Crippen molar-refractivity contribution in [2.75, 3.05) is 0 Å². The van der Waals surface area contributed by atoms with Crippen LogP contribution in [0.25, 0.3) is 0 Å². The van der Waals surface area contributed by atoms with Crippen molar-refractivity contribution < 1.29 is 4.79 Å². The molecular weight excluding hydrogens is 70.0 g/mol. The standard InChI is InChI=1S/CHNO.N2/c2-1-3;1-2/h2H;. The van der Waals surface area contributed by atoms with Gasteiger partial charge in [0.2, 0.25) is 6.08 Å². The maximum atomic E-state index is 8.35. The normalized spacial score (nSPS) is 2.00. The Morgan fingerprint density at radius 2 is 1.60 bits per heavy atom. The fourth-order valence-corrected chi connectivity index (χ4v) is 0. The molecule has 0 fully saturated rings. The number of carbonyl (C=O) groups excluding carboxylic acids is 1. The molecule has 0 atom stereocenters. The molecule has 0 rings (SSSR count). The molecular formula is CHN3O. The van der Waals surface area contributed by atoms with E-state index in [1.807, 2.05) is 0 Å². The van der Waals surface area contributed by atoms with Gasteiger partial charge in [0.05, 0.1) is 0 Å². The Kier molecular flexibility index (Phi) is 417. The summed E-state index contributed by atoms with van der Waals surface area (Å²) in [5.41, 5.74) is 0. The zero-order valence-electron chi connectivity index (χ0n) is 2.30. The van der Waals surface area contributed by atoms with Crippen molar-refractivity contribution in [2.24, 2.45) is 0 Å². The molecule has 5 heavy (non-hydrogen) atoms. The van der Waals surface area contributed by atoms with Crippen molar-refractivity contribution in [3.05, 3.63) is 0 Å². The quantitative estimate of drug-likeness (QED) is 0.246. The topological polar surface area (TPSA) is 88.5 Å². The van der Waals surface area contributed by atoms with Gasteiger partial charge in [-0.3, -0.25) is 0 Å². The van der Waals surface area contributed by atoms with E-state index in [1.54, 1.807) is 0 Å². The van der Waals surface area contributed by atoms with Gasteiger partial charge >= 0.3 is 0 Å². The first-order chi connectivity index (χ1) is 2.41. The lowest BCUT2D eigenvalue weighted by Gasteiger charge is -1.02. The number of hydrogen-bond donors (Lipinski definition) is 1. The van der Waals surface area contributed by atoms with Crippen LogP contribution in [-0.2, 0) is 4.79 Å². The Morgan fingerprint density at radius 3 is 1.60 bits per heavy atom. The average molecular weight is 71.0 g/mol. The van der Waals surface area contributed by atoms with Gasteiger partial charge in [-0.05, 0) is 0 Å². The molecule has 1 N–H and O–H groups in total. The number of isocyanates is 1. The van der Waals surface area contributed by atoms with Crippen LogP contribution in [0.5, 0.6) is 0 Å². The molecule has 0 amide bonds. The molecule has 0 aromatic carbocycles. The fraction of sp³-hybridized carbons (Fsp3) is 0. The highest BCUT2D eigenvalue weighted by Crippen LogP contribution is 0.868. The molecule has 0 saturated heterocycles. The van der Waals surface area contributed by atoms with Gasteiger partial charge in [0.1, 0.15) is 0 Å². The predicted molar refractivity (Wildman–Crippen MR) is 11.9 cm³/mol. The molecule has 0 radical (unpaired) electrons. The van der Waals surface area contributed by atoms with Crippen molar-refractivity contribution in [1.82, 2.24) is 0 Å². The zero-order valence-corrected chi connectivity index (χ0v) is 2.30. The van der Waals surface area contributed by atoms with E-state index in [-0.39, 0.29) is 0 Å². The van der Waals surface area contributed by atoms with Gasteiger partial charge in [-0.2, -0.15) is 0 Å². The lowest BCUT2D eigenvalue weighted by atomic mass is 11.7. The third kappa shape index (κ3) is 1.24. The zero-order chi connectivity index (χ0) is 4.71. The molecule has 0 aromatic heterocycles. The maximum Gasteiger partial charge on any atom is 0.231 e. The fourth-order valence-electron chi connectivity index (χ4n) is 0. The summed E-state index contributed by atoms with van der Waals surface area (Å²) in [7, 11) is 0. The van der Waals surface area contributed by atoms with Gasteiger partial charge in [0.15, 0.2) is 0 Å². The summed E-state index contributed by atoms with van der Waals surface area (Å²) in [4.78, 5) is 8.35. The number of nitrogens with zero attached hydrogens (tertiary/aromatic N) is 2. The lowest BCUT2D eigenvalue weighted by Crippen LogP contribution is -1.16. The van der Waals surface area contributed by atoms with Crippen molar-refractivity contribution in [1.29, 1.82) is 16.2 Å². The minimum atomic E-state index is 0.750. The largest absolute Gasteiger partial charge is 0.231 e. The Labute approximate surface area is 28.3 Å². The summed E-state index contributed by atoms with van der Waals surface area (Å²) in [5, 5.41) is 17.4. The smallest absolute Gasteiger partial charge is 0.222 e. The van der Waals surface area contributed by atoms with Crippen LogP contribution in [0, 0.1) is 16.2 Å². The van der Waals surface area contributed by atoms with E-state index in [0.29, 0.717) is 0 Å². The Balaban J connectivity index is 0. The van der Waals surface area contributed by atoms with E-state index >= 15 is 0 Å². The van der Waals surface area contributed by atoms with Crippen molar-refractivity contribution in [3.63, 3.8) is 0 Å². The minimum absolute atomic E-state index is 0.750. The highest BCUT2D eigenvalue weighted by atomic mass is 16.1. The van der Waals surface area contributed by atoms with Gasteiger partial charge in [0.25, 0.3) is 0 Å². The van der Waals surface area contributed by atoms with Crippen molar-refractivity contribution in [3.8, 4) is 0 Å². The number of nitrogens with one attached hydrogen (secondary N) is 1. The summed E-state index contributed by atoms with van der Waals surface area (Å²) < 4.78 is 0. The van der Waals surface area contributed by atoms with Crippen LogP contribution >= 0.6 is 0 Å². The van der Waals surface area contributed by atoms with Crippen LogP contribution < -0.4 is 0 Å². The average Bonchev–Trinajstić information content (AvgIpc) is 1.46. The van der Waals surface area contributed by atoms with Gasteiger partial charge < -0.3 is 0 Å². The van der Waals surface area contributed by atoms with Gasteiger partial charge in [0, 0.05) is 10.8 Å². The minimum Gasteiger partial charge on any atom is -0.222 e. The molecule has 0 unspecified atom stereocenters. The molecule has 0 heterocycles. The summed E-state index contributed by atoms with van der Waals surface area (Å²) in [5.74, 6) is 0. The van der Waals surface area contributed by atoms with Crippen LogP contribution in [0.15, 0.2) is 0 Å². The van der Waals surface area contributed by atoms with Crippen molar-refractivity contribution >= 4 is 6.08 Å². The second kappa shape index (κ2) is 227. The molecule has 4 heteroatoms. The van der Waals surface area contributed by atoms with Gasteiger partial charge in [-0.1, -0.05) is 0 Å². The molecule has 0 aliphatic carbocycles. The van der Waals surface area contributed by atoms with Gasteiger partial charge in [-0.15, -0.1) is 0 Å². The molecule has 0 aliphatic heterocycles. The van der Waals surface area contributed by atoms with E-state index in [4.69, 9.17) is 21.0 Å². The van der Waals surface area contributed by atoms with E-state index < -0.39 is 0 Å². The Hall–Kier alpha value is -1.20. The molecule has 0 bridgehead atoms. The molecule has 0 spiro atoms. The first-order valence-electron chi connectivity index (χ1n) is 0.654. The summed E-state index contributed by atoms with van der Waals surface area (Å²) >= 11 is 0. The summed E-state index contributed by atoms with van der Waals surface area (Å²) in [6.07, 6.45) is 0.750. The van der Waals surface area contributed by atoms with E-state index in [2.05, 4.69) is 0 Å². The summed E-state index contributed by atoms with van der Waals surface area (Å²) in [6, 6.07) is 0. The molecule has 0 aromatic rings. The molecule has 4 nitrogen and oxygen atoms in total. The number of rotatable bonds is 0. The highest BCUT2D eigenvalue weighted by molar-refractivity contribution is 5.26. The van der Waals surface area contributed by atoms with E-state index in [1.165, 1.54) is 0 Å². The monoisotopic (exact) mass is 71.0 g/mol. The summed E-state index contributed by atoms with van der Waals surface area (Å²) in [6.45, 7) is 0. The van der Waals surface area contributed by atoms with Crippen molar-refractivity contribution in [2.45, 2.75) is 0 Å². The molecule has 26 valence electrons.